The molecular weight excluding hydrogens is 312 g/mol. The quantitative estimate of drug-likeness (QED) is 0.874. The summed E-state index contributed by atoms with van der Waals surface area (Å²) in [5, 5.41) is 12.3. The second-order valence-electron chi connectivity index (χ2n) is 7.49. The first-order valence-electron chi connectivity index (χ1n) is 9.38. The Balaban J connectivity index is 1.54. The number of nitrogens with zero attached hydrogens (tertiary/aromatic N) is 5. The van der Waals surface area contributed by atoms with E-state index in [0.717, 1.165) is 38.2 Å². The molecule has 0 aliphatic carbocycles. The normalized spacial score (nSPS) is 19.2. The molecule has 2 N–H and O–H groups in total. The zero-order chi connectivity index (χ0) is 17.8. The molecule has 0 radical (unpaired) electrons. The molecule has 1 aliphatic heterocycles. The Morgan fingerprint density at radius 1 is 1.12 bits per heavy atom. The number of benzene rings is 1. The SMILES string of the molecule is CC(C[C@H](N)c1ccccc1)N1CCC(c2nnnn2C(C)C)CC1. The molecule has 1 fully saturated rings. The van der Waals surface area contributed by atoms with Gasteiger partial charge in [-0.25, -0.2) is 4.68 Å². The number of aromatic nitrogens is 4. The second-order valence-corrected chi connectivity index (χ2v) is 7.49. The summed E-state index contributed by atoms with van der Waals surface area (Å²) >= 11 is 0. The lowest BCUT2D eigenvalue weighted by Gasteiger charge is -2.36. The van der Waals surface area contributed by atoms with E-state index in [4.69, 9.17) is 5.73 Å². The van der Waals surface area contributed by atoms with Crippen LogP contribution in [0.5, 0.6) is 0 Å². The van der Waals surface area contributed by atoms with Crippen molar-refractivity contribution in [2.45, 2.75) is 64.1 Å². The van der Waals surface area contributed by atoms with Crippen LogP contribution < -0.4 is 5.73 Å². The van der Waals surface area contributed by atoms with Crippen molar-refractivity contribution in [2.24, 2.45) is 5.73 Å². The fourth-order valence-corrected chi connectivity index (χ4v) is 3.79. The topological polar surface area (TPSA) is 72.9 Å². The molecule has 0 amide bonds. The van der Waals surface area contributed by atoms with E-state index in [1.165, 1.54) is 5.56 Å². The van der Waals surface area contributed by atoms with Crippen LogP contribution in [-0.4, -0.2) is 44.2 Å². The van der Waals surface area contributed by atoms with Gasteiger partial charge in [0.15, 0.2) is 5.82 Å². The van der Waals surface area contributed by atoms with Gasteiger partial charge in [-0.1, -0.05) is 30.3 Å². The monoisotopic (exact) mass is 342 g/mol. The molecular formula is C19H30N6. The molecule has 6 heteroatoms. The predicted octanol–water partition coefficient (Wildman–Crippen LogP) is 2.91. The van der Waals surface area contributed by atoms with Crippen LogP contribution in [0.4, 0.5) is 0 Å². The molecule has 3 rings (SSSR count). The van der Waals surface area contributed by atoms with Gasteiger partial charge in [-0.2, -0.15) is 0 Å². The Morgan fingerprint density at radius 2 is 1.80 bits per heavy atom. The first-order chi connectivity index (χ1) is 12.1. The van der Waals surface area contributed by atoms with Crippen LogP contribution in [0.15, 0.2) is 30.3 Å². The largest absolute Gasteiger partial charge is 0.324 e. The van der Waals surface area contributed by atoms with Gasteiger partial charge in [0.2, 0.25) is 0 Å². The van der Waals surface area contributed by atoms with Crippen LogP contribution in [0, 0.1) is 0 Å². The highest BCUT2D eigenvalue weighted by Crippen LogP contribution is 2.29. The number of hydrogen-bond donors (Lipinski definition) is 1. The Morgan fingerprint density at radius 3 is 2.44 bits per heavy atom. The molecule has 6 nitrogen and oxygen atoms in total. The van der Waals surface area contributed by atoms with Gasteiger partial charge in [-0.05, 0) is 69.1 Å². The minimum absolute atomic E-state index is 0.0992. The number of piperidine rings is 1. The highest BCUT2D eigenvalue weighted by molar-refractivity contribution is 5.18. The van der Waals surface area contributed by atoms with Gasteiger partial charge in [-0.3, -0.25) is 0 Å². The summed E-state index contributed by atoms with van der Waals surface area (Å²) in [5.41, 5.74) is 7.63. The summed E-state index contributed by atoms with van der Waals surface area (Å²) in [5.74, 6) is 1.51. The van der Waals surface area contributed by atoms with Crippen molar-refractivity contribution in [1.82, 2.24) is 25.1 Å². The molecule has 0 bridgehead atoms. The number of tetrazole rings is 1. The van der Waals surface area contributed by atoms with Crippen LogP contribution in [0.25, 0.3) is 0 Å². The highest BCUT2D eigenvalue weighted by Gasteiger charge is 2.28. The standard InChI is InChI=1S/C19H30N6/c1-14(2)25-19(21-22-23-25)17-9-11-24(12-10-17)15(3)13-18(20)16-7-5-4-6-8-16/h4-8,14-15,17-18H,9-13,20H2,1-3H3/t15?,18-/m0/s1. The minimum atomic E-state index is 0.0992. The molecule has 0 spiro atoms. The third-order valence-corrected chi connectivity index (χ3v) is 5.35. The molecule has 136 valence electrons. The van der Waals surface area contributed by atoms with Crippen LogP contribution >= 0.6 is 0 Å². The zero-order valence-corrected chi connectivity index (χ0v) is 15.5. The van der Waals surface area contributed by atoms with Gasteiger partial charge in [0, 0.05) is 18.0 Å². The fraction of sp³-hybridized carbons (Fsp3) is 0.632. The van der Waals surface area contributed by atoms with E-state index in [1.54, 1.807) is 0 Å². The second kappa shape index (κ2) is 8.06. The number of hydrogen-bond acceptors (Lipinski definition) is 5. The van der Waals surface area contributed by atoms with Crippen molar-refractivity contribution >= 4 is 0 Å². The van der Waals surface area contributed by atoms with Gasteiger partial charge >= 0.3 is 0 Å². The highest BCUT2D eigenvalue weighted by atomic mass is 15.5. The molecule has 1 aromatic carbocycles. The number of likely N-dealkylation sites (tertiary alicyclic amines) is 1. The fourth-order valence-electron chi connectivity index (χ4n) is 3.79. The summed E-state index contributed by atoms with van der Waals surface area (Å²) in [4.78, 5) is 2.56. The van der Waals surface area contributed by atoms with E-state index in [0.29, 0.717) is 18.0 Å². The number of nitrogens with two attached hydrogens (primary N) is 1. The summed E-state index contributed by atoms with van der Waals surface area (Å²) < 4.78 is 1.97. The average Bonchev–Trinajstić information content (AvgIpc) is 3.12. The third-order valence-electron chi connectivity index (χ3n) is 5.35. The Hall–Kier alpha value is -1.79. The summed E-state index contributed by atoms with van der Waals surface area (Å²) in [6.07, 6.45) is 3.20. The van der Waals surface area contributed by atoms with Gasteiger partial charge in [0.1, 0.15) is 0 Å². The molecule has 2 heterocycles. The van der Waals surface area contributed by atoms with Crippen molar-refractivity contribution in [3.05, 3.63) is 41.7 Å². The molecule has 2 atom stereocenters. The smallest absolute Gasteiger partial charge is 0.154 e. The van der Waals surface area contributed by atoms with E-state index in [-0.39, 0.29) is 6.04 Å². The summed E-state index contributed by atoms with van der Waals surface area (Å²) in [7, 11) is 0. The molecule has 1 unspecified atom stereocenters. The third kappa shape index (κ3) is 4.25. The van der Waals surface area contributed by atoms with Crippen LogP contribution in [0.3, 0.4) is 0 Å². The Bertz CT molecular complexity index is 645. The lowest BCUT2D eigenvalue weighted by Crippen LogP contribution is -2.41. The van der Waals surface area contributed by atoms with Crippen LogP contribution in [0.1, 0.15) is 69.4 Å². The van der Waals surface area contributed by atoms with Crippen molar-refractivity contribution in [3.8, 4) is 0 Å². The summed E-state index contributed by atoms with van der Waals surface area (Å²) in [6.45, 7) is 8.71. The maximum Gasteiger partial charge on any atom is 0.154 e. The molecule has 0 saturated carbocycles. The van der Waals surface area contributed by atoms with Crippen molar-refractivity contribution < 1.29 is 0 Å². The van der Waals surface area contributed by atoms with E-state index < -0.39 is 0 Å². The molecule has 2 aromatic rings. The maximum absolute atomic E-state index is 6.40. The predicted molar refractivity (Wildman–Crippen MR) is 99.2 cm³/mol. The maximum atomic E-state index is 6.40. The van der Waals surface area contributed by atoms with Crippen molar-refractivity contribution in [3.63, 3.8) is 0 Å². The lowest BCUT2D eigenvalue weighted by atomic mass is 9.93. The lowest BCUT2D eigenvalue weighted by molar-refractivity contribution is 0.146. The van der Waals surface area contributed by atoms with Gasteiger partial charge in [0.25, 0.3) is 0 Å². The van der Waals surface area contributed by atoms with E-state index in [1.807, 2.05) is 10.7 Å². The Labute approximate surface area is 150 Å². The van der Waals surface area contributed by atoms with Gasteiger partial charge in [0.05, 0.1) is 6.04 Å². The van der Waals surface area contributed by atoms with Gasteiger partial charge in [-0.15, -0.1) is 5.10 Å². The first kappa shape index (κ1) is 18.0. The molecule has 1 aliphatic rings. The van der Waals surface area contributed by atoms with Crippen molar-refractivity contribution in [2.75, 3.05) is 13.1 Å². The average molecular weight is 342 g/mol. The van der Waals surface area contributed by atoms with E-state index >= 15 is 0 Å². The summed E-state index contributed by atoms with van der Waals surface area (Å²) in [6, 6.07) is 11.3. The van der Waals surface area contributed by atoms with Crippen LogP contribution in [-0.2, 0) is 0 Å². The van der Waals surface area contributed by atoms with Crippen LogP contribution in [0.2, 0.25) is 0 Å². The Kier molecular flexibility index (Phi) is 5.81. The first-order valence-corrected chi connectivity index (χ1v) is 9.38. The van der Waals surface area contributed by atoms with Gasteiger partial charge < -0.3 is 10.6 Å². The minimum Gasteiger partial charge on any atom is -0.324 e. The van der Waals surface area contributed by atoms with E-state index in [9.17, 15) is 0 Å². The zero-order valence-electron chi connectivity index (χ0n) is 15.5. The molecule has 1 saturated heterocycles. The van der Waals surface area contributed by atoms with E-state index in [2.05, 4.69) is 65.5 Å². The molecule has 1 aromatic heterocycles. The molecule has 25 heavy (non-hydrogen) atoms. The van der Waals surface area contributed by atoms with Crippen molar-refractivity contribution in [1.29, 1.82) is 0 Å². The number of rotatable bonds is 6.